The number of hydrogen-bond acceptors (Lipinski definition) is 11. The van der Waals surface area contributed by atoms with Gasteiger partial charge in [-0.15, -0.1) is 24.9 Å². The first-order valence-corrected chi connectivity index (χ1v) is 17.8. The lowest BCUT2D eigenvalue weighted by Crippen LogP contribution is -2.55. The zero-order valence-corrected chi connectivity index (χ0v) is 28.5. The number of amides is 2. The van der Waals surface area contributed by atoms with Gasteiger partial charge in [-0.25, -0.2) is 27.3 Å². The Kier molecular flexibility index (Phi) is 10.8. The number of piperazine rings is 1. The van der Waals surface area contributed by atoms with E-state index in [0.717, 1.165) is 41.8 Å². The van der Waals surface area contributed by atoms with Crippen LogP contribution in [0.25, 0.3) is 0 Å². The number of carbonyl (C=O) groups is 3. The van der Waals surface area contributed by atoms with Gasteiger partial charge < -0.3 is 24.4 Å². The molecule has 0 radical (unpaired) electrons. The second-order valence-electron chi connectivity index (χ2n) is 12.1. The van der Waals surface area contributed by atoms with Crippen LogP contribution >= 0.6 is 11.8 Å². The van der Waals surface area contributed by atoms with Crippen molar-refractivity contribution in [2.45, 2.75) is 48.5 Å². The van der Waals surface area contributed by atoms with E-state index in [1.807, 2.05) is 23.1 Å². The van der Waals surface area contributed by atoms with Gasteiger partial charge in [-0.05, 0) is 67.9 Å². The Hall–Kier alpha value is -4.55. The van der Waals surface area contributed by atoms with Crippen molar-refractivity contribution in [1.29, 1.82) is 0 Å². The summed E-state index contributed by atoms with van der Waals surface area (Å²) in [5.41, 5.74) is -0.272. The Morgan fingerprint density at radius 2 is 1.66 bits per heavy atom. The predicted molar refractivity (Wildman–Crippen MR) is 176 cm³/mol. The van der Waals surface area contributed by atoms with Crippen molar-refractivity contribution in [1.82, 2.24) is 19.5 Å². The molecular formula is C32H34F3N5O8S2. The first-order valence-electron chi connectivity index (χ1n) is 15.3. The van der Waals surface area contributed by atoms with Gasteiger partial charge in [0.2, 0.25) is 0 Å². The smallest absolute Gasteiger partial charge is 0.480 e. The maximum atomic E-state index is 13.9. The van der Waals surface area contributed by atoms with Gasteiger partial charge in [-0.1, -0.05) is 18.2 Å². The van der Waals surface area contributed by atoms with Crippen molar-refractivity contribution < 1.29 is 50.6 Å². The molecule has 2 fully saturated rings. The number of anilines is 1. The number of nitrogens with zero attached hydrogens (tertiary/aromatic N) is 4. The molecule has 2 aliphatic rings. The largest absolute Gasteiger partial charge is 0.573 e. The summed E-state index contributed by atoms with van der Waals surface area (Å²) < 4.78 is 75.5. The highest BCUT2D eigenvalue weighted by Gasteiger charge is 2.46. The molecule has 0 saturated carbocycles. The zero-order chi connectivity index (χ0) is 36.3. The van der Waals surface area contributed by atoms with Gasteiger partial charge in [0, 0.05) is 50.1 Å². The Morgan fingerprint density at radius 1 is 1.02 bits per heavy atom. The molecule has 50 heavy (non-hydrogen) atoms. The van der Waals surface area contributed by atoms with Crippen LogP contribution in [0.15, 0.2) is 77.8 Å². The average molecular weight is 738 g/mol. The van der Waals surface area contributed by atoms with E-state index in [-0.39, 0.29) is 10.1 Å². The maximum absolute atomic E-state index is 13.9. The third-order valence-electron chi connectivity index (χ3n) is 7.83. The van der Waals surface area contributed by atoms with E-state index in [4.69, 9.17) is 4.74 Å². The van der Waals surface area contributed by atoms with Gasteiger partial charge >= 0.3 is 18.4 Å². The summed E-state index contributed by atoms with van der Waals surface area (Å²) in [7, 11) is -4.93. The SMILES string of the molecule is CC1(C)CS[C@@H](C(=O)N([C@@H](Cc2ccc(OC(=O)N3CCN(c4ccccn4)CC3)cc2)C(=O)O)S(=O)(=O)c2ccc(OC(F)(F)F)cc2)N1. The fourth-order valence-electron chi connectivity index (χ4n) is 5.36. The highest BCUT2D eigenvalue weighted by molar-refractivity contribution is 8.01. The van der Waals surface area contributed by atoms with E-state index in [2.05, 4.69) is 15.0 Å². The summed E-state index contributed by atoms with van der Waals surface area (Å²) in [6.45, 7) is 5.48. The highest BCUT2D eigenvalue weighted by Crippen LogP contribution is 2.32. The van der Waals surface area contributed by atoms with Crippen LogP contribution in [0, 0.1) is 0 Å². The maximum Gasteiger partial charge on any atom is 0.573 e. The third-order valence-corrected chi connectivity index (χ3v) is 11.2. The molecular weight excluding hydrogens is 704 g/mol. The fraction of sp³-hybridized carbons (Fsp3) is 0.375. The molecule has 13 nitrogen and oxygen atoms in total. The van der Waals surface area contributed by atoms with Crippen molar-refractivity contribution >= 4 is 45.6 Å². The van der Waals surface area contributed by atoms with Gasteiger partial charge in [0.05, 0.1) is 4.90 Å². The number of carboxylic acids is 1. The molecule has 0 aliphatic carbocycles. The number of nitrogens with one attached hydrogen (secondary N) is 1. The van der Waals surface area contributed by atoms with Crippen molar-refractivity contribution in [2.24, 2.45) is 0 Å². The lowest BCUT2D eigenvalue weighted by atomic mass is 10.1. The molecule has 0 spiro atoms. The minimum Gasteiger partial charge on any atom is -0.480 e. The van der Waals surface area contributed by atoms with Crippen LogP contribution in [0.3, 0.4) is 0 Å². The minimum absolute atomic E-state index is 0.160. The molecule has 2 N–H and O–H groups in total. The Bertz CT molecular complexity index is 1790. The third kappa shape index (κ3) is 8.97. The normalized spacial score (nSPS) is 18.3. The number of ether oxygens (including phenoxy) is 2. The zero-order valence-electron chi connectivity index (χ0n) is 26.9. The summed E-state index contributed by atoms with van der Waals surface area (Å²) in [4.78, 5) is 46.6. The molecule has 2 aliphatic heterocycles. The van der Waals surface area contributed by atoms with Crippen molar-refractivity contribution in [3.63, 3.8) is 0 Å². The van der Waals surface area contributed by atoms with Crippen LogP contribution in [0.1, 0.15) is 19.4 Å². The van der Waals surface area contributed by atoms with Gasteiger partial charge in [-0.2, -0.15) is 0 Å². The van der Waals surface area contributed by atoms with E-state index in [0.29, 0.717) is 37.5 Å². The number of benzene rings is 2. The van der Waals surface area contributed by atoms with E-state index >= 15 is 0 Å². The lowest BCUT2D eigenvalue weighted by molar-refractivity contribution is -0.274. The molecule has 268 valence electrons. The second-order valence-corrected chi connectivity index (χ2v) is 15.0. The second kappa shape index (κ2) is 14.7. The van der Waals surface area contributed by atoms with Crippen LogP contribution in [0.5, 0.6) is 11.5 Å². The number of sulfonamides is 1. The minimum atomic E-state index is -5.03. The first kappa shape index (κ1) is 36.7. The highest BCUT2D eigenvalue weighted by atomic mass is 32.2. The number of hydrogen-bond donors (Lipinski definition) is 2. The van der Waals surface area contributed by atoms with Gasteiger partial charge in [0.15, 0.2) is 0 Å². The summed E-state index contributed by atoms with van der Waals surface area (Å²) >= 11 is 1.10. The number of aliphatic carboxylic acids is 1. The number of thioether (sulfide) groups is 1. The first-order chi connectivity index (χ1) is 23.5. The van der Waals surface area contributed by atoms with Gasteiger partial charge in [-0.3, -0.25) is 10.1 Å². The molecule has 1 aromatic heterocycles. The van der Waals surface area contributed by atoms with Crippen LogP contribution in [0.4, 0.5) is 23.8 Å². The quantitative estimate of drug-likeness (QED) is 0.309. The molecule has 3 heterocycles. The molecule has 2 amide bonds. The molecule has 0 unspecified atom stereocenters. The standard InChI is InChI=1S/C32H34F3N5O8S2/c1-31(2)20-49-27(37-31)28(41)40(50(45,46)24-12-10-23(11-13-24)48-32(33,34)35)25(29(42)43)19-21-6-8-22(9-7-21)47-30(44)39-17-15-38(16-18-39)26-5-3-4-14-36-26/h3-14,25,27,37H,15-20H2,1-2H3,(H,42,43)/t25-,27-/m0/s1. The number of carbonyl (C=O) groups excluding carboxylic acids is 2. The van der Waals surface area contributed by atoms with Gasteiger partial charge in [0.25, 0.3) is 15.9 Å². The summed E-state index contributed by atoms with van der Waals surface area (Å²) in [6.07, 6.45) is -4.39. The van der Waals surface area contributed by atoms with Crippen molar-refractivity contribution in [3.05, 3.63) is 78.5 Å². The monoisotopic (exact) mass is 737 g/mol. The molecule has 5 rings (SSSR count). The average Bonchev–Trinajstić information content (AvgIpc) is 3.44. The molecule has 2 saturated heterocycles. The number of alkyl halides is 3. The Morgan fingerprint density at radius 3 is 2.20 bits per heavy atom. The summed E-state index contributed by atoms with van der Waals surface area (Å²) in [5.74, 6) is -2.02. The number of aromatic nitrogens is 1. The van der Waals surface area contributed by atoms with E-state index in [1.165, 1.54) is 24.3 Å². The number of rotatable bonds is 10. The predicted octanol–water partition coefficient (Wildman–Crippen LogP) is 3.96. The number of carboxylic acid groups (broad SMARTS) is 1. The molecule has 18 heteroatoms. The lowest BCUT2D eigenvalue weighted by Gasteiger charge is -2.34. The van der Waals surface area contributed by atoms with Crippen molar-refractivity contribution in [3.8, 4) is 11.5 Å². The van der Waals surface area contributed by atoms with E-state index in [9.17, 15) is 41.1 Å². The van der Waals surface area contributed by atoms with E-state index in [1.54, 1.807) is 24.9 Å². The topological polar surface area (TPSA) is 159 Å². The number of halogens is 3. The van der Waals surface area contributed by atoms with Crippen LogP contribution in [0.2, 0.25) is 0 Å². The van der Waals surface area contributed by atoms with Crippen LogP contribution < -0.4 is 19.7 Å². The molecule has 2 aromatic carbocycles. The molecule has 0 bridgehead atoms. The Labute approximate surface area is 290 Å². The fourth-order valence-corrected chi connectivity index (χ4v) is 8.30. The Balaban J connectivity index is 1.32. The summed E-state index contributed by atoms with van der Waals surface area (Å²) in [6, 6.07) is 12.5. The molecule has 2 atom stereocenters. The summed E-state index contributed by atoms with van der Waals surface area (Å²) in [5, 5.41) is 12.2. The van der Waals surface area contributed by atoms with Crippen LogP contribution in [-0.2, 0) is 26.0 Å². The van der Waals surface area contributed by atoms with Gasteiger partial charge in [0.1, 0.15) is 28.7 Å². The number of pyridine rings is 1. The van der Waals surface area contributed by atoms with Crippen molar-refractivity contribution in [2.75, 3.05) is 36.8 Å². The van der Waals surface area contributed by atoms with E-state index < -0.39 is 68.4 Å². The van der Waals surface area contributed by atoms with Crippen LogP contribution in [-0.4, -0.2) is 101 Å². The molecule has 3 aromatic rings.